The average Bonchev–Trinajstić information content (AvgIpc) is 2.26. The predicted molar refractivity (Wildman–Crippen MR) is 69.7 cm³/mol. The zero-order valence-corrected chi connectivity index (χ0v) is 10.9. The van der Waals surface area contributed by atoms with Gasteiger partial charge in [-0.15, -0.1) is 0 Å². The van der Waals surface area contributed by atoms with E-state index < -0.39 is 10.2 Å². The summed E-state index contributed by atoms with van der Waals surface area (Å²) in [6, 6.07) is 7.02. The molecule has 4 N–H and O–H groups in total. The molecule has 0 aliphatic heterocycles. The van der Waals surface area contributed by atoms with E-state index in [0.717, 1.165) is 5.56 Å². The van der Waals surface area contributed by atoms with Gasteiger partial charge in [0, 0.05) is 13.1 Å². The number of anilines is 1. The lowest BCUT2D eigenvalue weighted by Gasteiger charge is -2.11. The van der Waals surface area contributed by atoms with Gasteiger partial charge in [-0.1, -0.05) is 26.0 Å². The summed E-state index contributed by atoms with van der Waals surface area (Å²) in [5, 5.41) is 0. The largest absolute Gasteiger partial charge is 0.326 e. The Hall–Kier alpha value is -1.11. The minimum absolute atomic E-state index is 0.266. The maximum absolute atomic E-state index is 11.7. The SMILES string of the molecule is CC(C)CNS(=O)(=O)Nc1cccc(CN)c1. The van der Waals surface area contributed by atoms with Crippen molar-refractivity contribution in [3.8, 4) is 0 Å². The summed E-state index contributed by atoms with van der Waals surface area (Å²) in [4.78, 5) is 0. The van der Waals surface area contributed by atoms with Crippen molar-refractivity contribution < 1.29 is 8.42 Å². The molecule has 0 saturated carbocycles. The lowest BCUT2D eigenvalue weighted by atomic mass is 10.2. The van der Waals surface area contributed by atoms with Gasteiger partial charge < -0.3 is 5.73 Å². The molecule has 0 radical (unpaired) electrons. The molecule has 0 heterocycles. The summed E-state index contributed by atoms with van der Waals surface area (Å²) in [5.41, 5.74) is 6.89. The van der Waals surface area contributed by atoms with Crippen LogP contribution in [0.5, 0.6) is 0 Å². The van der Waals surface area contributed by atoms with E-state index in [9.17, 15) is 8.42 Å². The second kappa shape index (κ2) is 6.00. The van der Waals surface area contributed by atoms with Crippen LogP contribution in [0.3, 0.4) is 0 Å². The van der Waals surface area contributed by atoms with E-state index in [2.05, 4.69) is 9.44 Å². The van der Waals surface area contributed by atoms with Crippen LogP contribution in [-0.2, 0) is 16.8 Å². The first kappa shape index (κ1) is 14.0. The Morgan fingerprint density at radius 2 is 2.06 bits per heavy atom. The lowest BCUT2D eigenvalue weighted by molar-refractivity contribution is 0.565. The second-order valence-corrected chi connectivity index (χ2v) is 5.75. The van der Waals surface area contributed by atoms with Gasteiger partial charge in [0.2, 0.25) is 0 Å². The number of rotatable bonds is 6. The maximum atomic E-state index is 11.7. The van der Waals surface area contributed by atoms with E-state index in [4.69, 9.17) is 5.73 Å². The summed E-state index contributed by atoms with van der Waals surface area (Å²) in [6.07, 6.45) is 0. The number of hydrogen-bond donors (Lipinski definition) is 3. The molecule has 17 heavy (non-hydrogen) atoms. The Kier molecular flexibility index (Phi) is 4.92. The highest BCUT2D eigenvalue weighted by atomic mass is 32.2. The molecule has 0 aromatic heterocycles. The predicted octanol–water partition coefficient (Wildman–Crippen LogP) is 1.05. The third-order valence-electron chi connectivity index (χ3n) is 2.10. The molecule has 1 rings (SSSR count). The molecule has 0 unspecified atom stereocenters. The number of nitrogens with two attached hydrogens (primary N) is 1. The minimum atomic E-state index is -3.50. The summed E-state index contributed by atoms with van der Waals surface area (Å²) in [7, 11) is -3.50. The third kappa shape index (κ3) is 5.16. The first-order valence-electron chi connectivity index (χ1n) is 5.49. The fraction of sp³-hybridized carbons (Fsp3) is 0.455. The van der Waals surface area contributed by atoms with Gasteiger partial charge in [0.15, 0.2) is 0 Å². The molecule has 0 atom stereocenters. The second-order valence-electron chi connectivity index (χ2n) is 4.25. The fourth-order valence-corrected chi connectivity index (χ4v) is 2.29. The van der Waals surface area contributed by atoms with E-state index in [0.29, 0.717) is 18.8 Å². The molecule has 0 spiro atoms. The summed E-state index contributed by atoms with van der Waals surface area (Å²) in [5.74, 6) is 0.266. The van der Waals surface area contributed by atoms with Gasteiger partial charge in [0.05, 0.1) is 5.69 Å². The zero-order chi connectivity index (χ0) is 12.9. The van der Waals surface area contributed by atoms with Gasteiger partial charge in [0.25, 0.3) is 10.2 Å². The van der Waals surface area contributed by atoms with Crippen LogP contribution in [0.4, 0.5) is 5.69 Å². The number of hydrogen-bond acceptors (Lipinski definition) is 3. The normalized spacial score (nSPS) is 11.8. The summed E-state index contributed by atoms with van der Waals surface area (Å²) in [6.45, 7) is 4.68. The molecule has 5 nitrogen and oxygen atoms in total. The molecule has 0 fully saturated rings. The molecule has 0 saturated heterocycles. The van der Waals surface area contributed by atoms with Crippen LogP contribution in [0.25, 0.3) is 0 Å². The maximum Gasteiger partial charge on any atom is 0.299 e. The van der Waals surface area contributed by atoms with Gasteiger partial charge in [-0.05, 0) is 23.6 Å². The molecular weight excluding hydrogens is 238 g/mol. The molecular formula is C11H19N3O2S. The lowest BCUT2D eigenvalue weighted by Crippen LogP contribution is -2.32. The van der Waals surface area contributed by atoms with Gasteiger partial charge in [-0.2, -0.15) is 13.1 Å². The topological polar surface area (TPSA) is 84.2 Å². The van der Waals surface area contributed by atoms with Crippen LogP contribution in [0.1, 0.15) is 19.4 Å². The van der Waals surface area contributed by atoms with Crippen molar-refractivity contribution >= 4 is 15.9 Å². The Morgan fingerprint density at radius 3 is 2.65 bits per heavy atom. The summed E-state index contributed by atoms with van der Waals surface area (Å²) >= 11 is 0. The van der Waals surface area contributed by atoms with Crippen LogP contribution in [0.2, 0.25) is 0 Å². The first-order chi connectivity index (χ1) is 7.93. The van der Waals surface area contributed by atoms with Crippen molar-refractivity contribution in [1.82, 2.24) is 4.72 Å². The Labute approximate surface area is 103 Å². The zero-order valence-electron chi connectivity index (χ0n) is 10.1. The van der Waals surface area contributed by atoms with E-state index >= 15 is 0 Å². The summed E-state index contributed by atoms with van der Waals surface area (Å²) < 4.78 is 28.2. The van der Waals surface area contributed by atoms with Crippen molar-refractivity contribution in [3.63, 3.8) is 0 Å². The van der Waals surface area contributed by atoms with Crippen molar-refractivity contribution in [1.29, 1.82) is 0 Å². The van der Waals surface area contributed by atoms with Crippen molar-refractivity contribution in [2.75, 3.05) is 11.3 Å². The third-order valence-corrected chi connectivity index (χ3v) is 3.15. The Morgan fingerprint density at radius 1 is 1.35 bits per heavy atom. The standard InChI is InChI=1S/C11H19N3O2S/c1-9(2)8-13-17(15,16)14-11-5-3-4-10(6-11)7-12/h3-6,9,13-14H,7-8,12H2,1-2H3. The van der Waals surface area contributed by atoms with Gasteiger partial charge in [-0.3, -0.25) is 4.72 Å². The van der Waals surface area contributed by atoms with Crippen molar-refractivity contribution in [2.24, 2.45) is 11.7 Å². The average molecular weight is 257 g/mol. The van der Waals surface area contributed by atoms with E-state index in [1.165, 1.54) is 0 Å². The molecule has 0 amide bonds. The van der Waals surface area contributed by atoms with Gasteiger partial charge >= 0.3 is 0 Å². The van der Waals surface area contributed by atoms with Crippen molar-refractivity contribution in [2.45, 2.75) is 20.4 Å². The van der Waals surface area contributed by atoms with Crippen molar-refractivity contribution in [3.05, 3.63) is 29.8 Å². The quantitative estimate of drug-likeness (QED) is 0.712. The highest BCUT2D eigenvalue weighted by Gasteiger charge is 2.09. The fourth-order valence-electron chi connectivity index (χ4n) is 1.23. The molecule has 0 bridgehead atoms. The monoisotopic (exact) mass is 257 g/mol. The van der Waals surface area contributed by atoms with Crippen LogP contribution >= 0.6 is 0 Å². The molecule has 1 aromatic rings. The first-order valence-corrected chi connectivity index (χ1v) is 6.97. The van der Waals surface area contributed by atoms with Crippen LogP contribution < -0.4 is 15.2 Å². The van der Waals surface area contributed by atoms with Crippen LogP contribution in [0.15, 0.2) is 24.3 Å². The van der Waals surface area contributed by atoms with Crippen LogP contribution in [-0.4, -0.2) is 15.0 Å². The molecule has 0 aliphatic carbocycles. The number of benzene rings is 1. The van der Waals surface area contributed by atoms with E-state index in [1.54, 1.807) is 18.2 Å². The van der Waals surface area contributed by atoms with Crippen LogP contribution in [0, 0.1) is 5.92 Å². The molecule has 0 aliphatic rings. The highest BCUT2D eigenvalue weighted by Crippen LogP contribution is 2.11. The molecule has 96 valence electrons. The Bertz CT molecular complexity index is 458. The van der Waals surface area contributed by atoms with Gasteiger partial charge in [-0.25, -0.2) is 0 Å². The smallest absolute Gasteiger partial charge is 0.299 e. The minimum Gasteiger partial charge on any atom is -0.326 e. The Balaban J connectivity index is 2.69. The molecule has 6 heteroatoms. The molecule has 1 aromatic carbocycles. The van der Waals surface area contributed by atoms with E-state index in [-0.39, 0.29) is 5.92 Å². The number of nitrogens with one attached hydrogen (secondary N) is 2. The highest BCUT2D eigenvalue weighted by molar-refractivity contribution is 7.90. The van der Waals surface area contributed by atoms with E-state index in [1.807, 2.05) is 19.9 Å². The van der Waals surface area contributed by atoms with Gasteiger partial charge in [0.1, 0.15) is 0 Å².